The number of carbonyl (C=O) groups is 3. The van der Waals surface area contributed by atoms with Gasteiger partial charge in [0, 0.05) is 30.7 Å². The number of ether oxygens (including phenoxy) is 1. The quantitative estimate of drug-likeness (QED) is 0.0351. The molecule has 3 heterocycles. The number of nitrogens with one attached hydrogen (secondary N) is 2. The van der Waals surface area contributed by atoms with E-state index in [1.165, 1.54) is 45.6 Å². The number of phosphoric acid groups is 3. The predicted molar refractivity (Wildman–Crippen MR) is 214 cm³/mol. The highest BCUT2D eigenvalue weighted by molar-refractivity contribution is 8.14. The fourth-order valence-corrected chi connectivity index (χ4v) is 8.98. The van der Waals surface area contributed by atoms with Gasteiger partial charge in [-0.2, -0.15) is 4.31 Å². The van der Waals surface area contributed by atoms with Crippen LogP contribution >= 0.6 is 35.2 Å². The Labute approximate surface area is 349 Å². The molecule has 0 aromatic carbocycles. The molecular weight excluding hydrogens is 879 g/mol. The third-order valence-corrected chi connectivity index (χ3v) is 12.7. The molecule has 2 amide bonds. The second kappa shape index (κ2) is 23.7. The molecule has 0 saturated carbocycles. The Morgan fingerprint density at radius 3 is 2.40 bits per heavy atom. The molecule has 24 nitrogen and oxygen atoms in total. The summed E-state index contributed by atoms with van der Waals surface area (Å²) in [7, 11) is -16.4. The van der Waals surface area contributed by atoms with E-state index in [9.17, 15) is 57.9 Å². The number of allylic oxidation sites excluding steroid dienone is 1. The van der Waals surface area contributed by atoms with Crippen molar-refractivity contribution < 1.29 is 80.5 Å². The van der Waals surface area contributed by atoms with Gasteiger partial charge in [-0.3, -0.25) is 32.5 Å². The first-order valence-corrected chi connectivity index (χ1v) is 24.3. The van der Waals surface area contributed by atoms with E-state index in [4.69, 9.17) is 19.5 Å². The highest BCUT2D eigenvalue weighted by Crippen LogP contribution is 2.61. The van der Waals surface area contributed by atoms with Gasteiger partial charge in [-0.25, -0.2) is 28.6 Å². The first kappa shape index (κ1) is 51.6. The summed E-state index contributed by atoms with van der Waals surface area (Å²) in [6, 6.07) is 0. The minimum absolute atomic E-state index is 0.0315. The lowest BCUT2D eigenvalue weighted by Crippen LogP contribution is -2.46. The number of aliphatic hydroxyl groups is 2. The van der Waals surface area contributed by atoms with Crippen molar-refractivity contribution in [2.45, 2.75) is 103 Å². The van der Waals surface area contributed by atoms with Crippen LogP contribution in [-0.2, 0) is 50.7 Å². The van der Waals surface area contributed by atoms with Crippen LogP contribution in [0.15, 0.2) is 24.8 Å². The highest BCUT2D eigenvalue weighted by Gasteiger charge is 2.50. The van der Waals surface area contributed by atoms with Crippen molar-refractivity contribution in [1.29, 1.82) is 0 Å². The molecule has 28 heteroatoms. The molecule has 7 atom stereocenters. The van der Waals surface area contributed by atoms with Gasteiger partial charge in [0.1, 0.15) is 36.3 Å². The van der Waals surface area contributed by atoms with Gasteiger partial charge in [-0.15, -0.1) is 0 Å². The molecule has 10 N–H and O–H groups in total. The average Bonchev–Trinajstić information content (AvgIpc) is 3.72. The molecule has 0 bridgehead atoms. The molecule has 1 fully saturated rings. The molecule has 1 aliphatic heterocycles. The van der Waals surface area contributed by atoms with E-state index < -0.39 is 84.6 Å². The fraction of sp³-hybridized carbons (Fsp3) is 0.688. The largest absolute Gasteiger partial charge is 0.481 e. The average molecular weight is 934 g/mol. The smallest absolute Gasteiger partial charge is 0.386 e. The standard InChI is InChI=1S/C32H54N7O17P3S/c1-4-5-6-7-8-9-10-11-12-23(41)60-16-15-34-22(40)13-14-35-30(44)27(43)32(2,3)18-53-59(50,51)56-58(48,49)52-17-21-26(55-57(45,46)47)25(42)31(54-21)39-20-38-24-28(33)36-19-37-29(24)39/h11-12,19-21,25-27,31,42-43H,4-10,13-18H2,1-3H3,(H,34,40)(H,35,44)(H,48,49)(H,50,51)(H2,33,36,37)(H2,45,46,47)/b12-11+. The van der Waals surface area contributed by atoms with Gasteiger partial charge in [-0.05, 0) is 18.9 Å². The van der Waals surface area contributed by atoms with Gasteiger partial charge >= 0.3 is 23.5 Å². The van der Waals surface area contributed by atoms with Crippen LogP contribution in [0.3, 0.4) is 0 Å². The summed E-state index contributed by atoms with van der Waals surface area (Å²) in [5.41, 5.74) is 4.27. The van der Waals surface area contributed by atoms with E-state index >= 15 is 0 Å². The number of nitrogens with two attached hydrogens (primary N) is 1. The lowest BCUT2D eigenvalue weighted by atomic mass is 9.87. The van der Waals surface area contributed by atoms with Gasteiger partial charge in [0.2, 0.25) is 16.9 Å². The molecule has 0 spiro atoms. The molecular formula is C32H54N7O17P3S. The van der Waals surface area contributed by atoms with E-state index in [1.807, 2.05) is 6.08 Å². The van der Waals surface area contributed by atoms with Crippen molar-refractivity contribution in [1.82, 2.24) is 30.2 Å². The van der Waals surface area contributed by atoms with Crippen LogP contribution in [0.1, 0.15) is 78.4 Å². The molecule has 3 rings (SSSR count). The van der Waals surface area contributed by atoms with Crippen LogP contribution in [0, 0.1) is 5.41 Å². The van der Waals surface area contributed by atoms with E-state index in [2.05, 4.69) is 41.3 Å². The number of hydrogen-bond donors (Lipinski definition) is 9. The molecule has 1 aliphatic rings. The summed E-state index contributed by atoms with van der Waals surface area (Å²) in [4.78, 5) is 87.8. The molecule has 0 aliphatic carbocycles. The second-order valence-electron chi connectivity index (χ2n) is 14.2. The monoisotopic (exact) mass is 933 g/mol. The maximum absolute atomic E-state index is 12.7. The third-order valence-electron chi connectivity index (χ3n) is 8.72. The van der Waals surface area contributed by atoms with Gasteiger partial charge in [0.25, 0.3) is 0 Å². The summed E-state index contributed by atoms with van der Waals surface area (Å²) in [6.07, 6.45) is 4.30. The molecule has 0 radical (unpaired) electrons. The van der Waals surface area contributed by atoms with Crippen molar-refractivity contribution in [2.24, 2.45) is 5.41 Å². The Bertz CT molecular complexity index is 1920. The van der Waals surface area contributed by atoms with Crippen molar-refractivity contribution in [2.75, 3.05) is 37.8 Å². The normalized spacial score (nSPS) is 21.1. The van der Waals surface area contributed by atoms with Gasteiger partial charge in [0.15, 0.2) is 17.7 Å². The number of aromatic nitrogens is 4. The minimum Gasteiger partial charge on any atom is -0.386 e. The Morgan fingerprint density at radius 1 is 1.02 bits per heavy atom. The molecule has 340 valence electrons. The lowest BCUT2D eigenvalue weighted by Gasteiger charge is -2.30. The van der Waals surface area contributed by atoms with E-state index in [0.717, 1.165) is 48.2 Å². The maximum Gasteiger partial charge on any atom is 0.481 e. The molecule has 60 heavy (non-hydrogen) atoms. The number of amides is 2. The number of thioether (sulfide) groups is 1. The topological polar surface area (TPSA) is 364 Å². The summed E-state index contributed by atoms with van der Waals surface area (Å²) in [5.74, 6) is -1.10. The third kappa shape index (κ3) is 17.2. The van der Waals surface area contributed by atoms with Crippen LogP contribution in [0.5, 0.6) is 0 Å². The number of imidazole rings is 1. The number of carbonyl (C=O) groups excluding carboxylic acids is 3. The number of nitrogens with zero attached hydrogens (tertiary/aromatic N) is 4. The summed E-state index contributed by atoms with van der Waals surface area (Å²) in [5, 5.41) is 26.3. The fourth-order valence-electron chi connectivity index (χ4n) is 5.55. The molecule has 7 unspecified atom stereocenters. The summed E-state index contributed by atoms with van der Waals surface area (Å²) >= 11 is 1.06. The maximum atomic E-state index is 12.7. The number of unbranched alkanes of at least 4 members (excludes halogenated alkanes) is 6. The number of hydrogen-bond acceptors (Lipinski definition) is 18. The first-order valence-electron chi connectivity index (χ1n) is 18.8. The molecule has 2 aromatic heterocycles. The zero-order chi connectivity index (χ0) is 44.7. The second-order valence-corrected chi connectivity index (χ2v) is 19.5. The van der Waals surface area contributed by atoms with Crippen LogP contribution in [0.4, 0.5) is 5.82 Å². The van der Waals surface area contributed by atoms with Crippen LogP contribution in [-0.4, -0.2) is 123 Å². The number of aliphatic hydroxyl groups excluding tert-OH is 2. The van der Waals surface area contributed by atoms with Crippen molar-refractivity contribution in [3.63, 3.8) is 0 Å². The SMILES string of the molecule is CCCCCCCC/C=C/C(=O)SCCNC(=O)CCNC(=O)C(O)C(C)(C)COP(=O)(O)OP(=O)(O)OCC1OC(n2cnc3c(N)ncnc32)C(O)C1OP(=O)(O)O. The number of anilines is 1. The van der Waals surface area contributed by atoms with E-state index in [-0.39, 0.29) is 41.6 Å². The minimum atomic E-state index is -5.57. The molecule has 2 aromatic rings. The van der Waals surface area contributed by atoms with Crippen LogP contribution in [0.25, 0.3) is 11.2 Å². The Kier molecular flexibility index (Phi) is 20.4. The first-order chi connectivity index (χ1) is 28.1. The van der Waals surface area contributed by atoms with Crippen molar-refractivity contribution >= 4 is 69.1 Å². The lowest BCUT2D eigenvalue weighted by molar-refractivity contribution is -0.137. The highest BCUT2D eigenvalue weighted by atomic mass is 32.2. The Balaban J connectivity index is 1.41. The molecule has 1 saturated heterocycles. The van der Waals surface area contributed by atoms with Crippen LogP contribution < -0.4 is 16.4 Å². The number of nitrogen functional groups attached to an aromatic ring is 1. The van der Waals surface area contributed by atoms with Crippen molar-refractivity contribution in [3.05, 3.63) is 24.8 Å². The zero-order valence-electron chi connectivity index (χ0n) is 33.2. The van der Waals surface area contributed by atoms with Gasteiger partial charge < -0.3 is 50.9 Å². The zero-order valence-corrected chi connectivity index (χ0v) is 36.7. The van der Waals surface area contributed by atoms with E-state index in [1.54, 1.807) is 0 Å². The number of fused-ring (bicyclic) bond motifs is 1. The Hall–Kier alpha value is -2.70. The predicted octanol–water partition coefficient (Wildman–Crippen LogP) is 1.97. The number of rotatable bonds is 27. The number of phosphoric ester groups is 3. The van der Waals surface area contributed by atoms with Gasteiger partial charge in [-0.1, -0.05) is 70.7 Å². The van der Waals surface area contributed by atoms with Crippen LogP contribution in [0.2, 0.25) is 0 Å². The summed E-state index contributed by atoms with van der Waals surface area (Å²) < 4.78 is 62.2. The van der Waals surface area contributed by atoms with Crippen molar-refractivity contribution in [3.8, 4) is 0 Å². The Morgan fingerprint density at radius 2 is 1.70 bits per heavy atom. The van der Waals surface area contributed by atoms with Gasteiger partial charge in [0.05, 0.1) is 19.5 Å². The summed E-state index contributed by atoms with van der Waals surface area (Å²) in [6.45, 7) is 2.67. The van der Waals surface area contributed by atoms with E-state index in [0.29, 0.717) is 5.75 Å².